The van der Waals surface area contributed by atoms with Crippen LogP contribution in [-0.4, -0.2) is 12.5 Å². The van der Waals surface area contributed by atoms with Crippen LogP contribution in [0.3, 0.4) is 0 Å². The average Bonchev–Trinajstić information content (AvgIpc) is 2.76. The molecule has 1 aliphatic carbocycles. The highest BCUT2D eigenvalue weighted by molar-refractivity contribution is 5.94. The minimum Gasteiger partial charge on any atom is -0.352 e. The van der Waals surface area contributed by atoms with Crippen LogP contribution in [-0.2, 0) is 0 Å². The van der Waals surface area contributed by atoms with Crippen molar-refractivity contribution in [3.63, 3.8) is 0 Å². The van der Waals surface area contributed by atoms with Crippen molar-refractivity contribution in [3.8, 4) is 0 Å². The molecule has 0 radical (unpaired) electrons. The fourth-order valence-electron chi connectivity index (χ4n) is 2.52. The zero-order valence-electron chi connectivity index (χ0n) is 10.4. The Balaban J connectivity index is 1.94. The van der Waals surface area contributed by atoms with Crippen LogP contribution >= 0.6 is 0 Å². The van der Waals surface area contributed by atoms with Crippen LogP contribution in [0.1, 0.15) is 36.5 Å². The Labute approximate surface area is 105 Å². The van der Waals surface area contributed by atoms with Crippen LogP contribution in [0.15, 0.2) is 18.2 Å². The van der Waals surface area contributed by atoms with E-state index in [0.29, 0.717) is 18.4 Å². The summed E-state index contributed by atoms with van der Waals surface area (Å²) in [6.45, 7) is 2.73. The van der Waals surface area contributed by atoms with Crippen LogP contribution in [0, 0.1) is 23.5 Å². The average molecular weight is 253 g/mol. The van der Waals surface area contributed by atoms with Crippen molar-refractivity contribution in [2.24, 2.45) is 11.8 Å². The molecule has 0 heterocycles. The number of nitrogens with one attached hydrogen (secondary N) is 1. The van der Waals surface area contributed by atoms with E-state index in [2.05, 4.69) is 12.2 Å². The highest BCUT2D eigenvalue weighted by Gasteiger charge is 2.22. The van der Waals surface area contributed by atoms with Gasteiger partial charge < -0.3 is 5.32 Å². The minimum absolute atomic E-state index is 0.221. The van der Waals surface area contributed by atoms with Crippen LogP contribution < -0.4 is 5.32 Å². The van der Waals surface area contributed by atoms with Gasteiger partial charge in [-0.1, -0.05) is 19.4 Å². The highest BCUT2D eigenvalue weighted by Crippen LogP contribution is 2.29. The third-order valence-corrected chi connectivity index (χ3v) is 3.55. The lowest BCUT2D eigenvalue weighted by Gasteiger charge is -2.11. The second-order valence-corrected chi connectivity index (χ2v) is 5.10. The van der Waals surface area contributed by atoms with E-state index in [-0.39, 0.29) is 5.56 Å². The second kappa shape index (κ2) is 5.46. The molecule has 2 unspecified atom stereocenters. The molecule has 1 N–H and O–H groups in total. The van der Waals surface area contributed by atoms with E-state index in [1.807, 2.05) is 0 Å². The maximum Gasteiger partial charge on any atom is 0.254 e. The maximum atomic E-state index is 13.4. The van der Waals surface area contributed by atoms with Gasteiger partial charge in [-0.2, -0.15) is 0 Å². The Morgan fingerprint density at radius 1 is 1.39 bits per heavy atom. The number of amides is 1. The number of rotatable bonds is 3. The lowest BCUT2D eigenvalue weighted by Crippen LogP contribution is -2.29. The summed E-state index contributed by atoms with van der Waals surface area (Å²) in [4.78, 5) is 11.7. The second-order valence-electron chi connectivity index (χ2n) is 5.10. The van der Waals surface area contributed by atoms with Crippen molar-refractivity contribution in [1.29, 1.82) is 0 Å². The monoisotopic (exact) mass is 253 g/mol. The molecule has 0 aliphatic heterocycles. The first kappa shape index (κ1) is 13.0. The summed E-state index contributed by atoms with van der Waals surface area (Å²) in [6, 6.07) is 3.64. The summed E-state index contributed by atoms with van der Waals surface area (Å²) in [5, 5.41) is 2.68. The summed E-state index contributed by atoms with van der Waals surface area (Å²) in [5.41, 5.74) is -0.221. The van der Waals surface area contributed by atoms with Gasteiger partial charge in [-0.3, -0.25) is 4.79 Å². The third kappa shape index (κ3) is 2.86. The molecule has 0 aromatic heterocycles. The smallest absolute Gasteiger partial charge is 0.254 e. The number of hydrogen-bond donors (Lipinski definition) is 1. The minimum atomic E-state index is -1.07. The Bertz CT molecular complexity index is 447. The molecule has 1 fully saturated rings. The predicted molar refractivity (Wildman–Crippen MR) is 65.2 cm³/mol. The van der Waals surface area contributed by atoms with Crippen molar-refractivity contribution < 1.29 is 13.6 Å². The van der Waals surface area contributed by atoms with Crippen LogP contribution in [0.5, 0.6) is 0 Å². The zero-order chi connectivity index (χ0) is 13.1. The lowest BCUT2D eigenvalue weighted by molar-refractivity contribution is 0.0942. The summed E-state index contributed by atoms with van der Waals surface area (Å²) < 4.78 is 26.4. The molecule has 1 amide bonds. The molecule has 0 bridgehead atoms. The molecule has 1 aliphatic rings. The van der Waals surface area contributed by atoms with Crippen molar-refractivity contribution in [3.05, 3.63) is 35.4 Å². The van der Waals surface area contributed by atoms with Gasteiger partial charge in [0.1, 0.15) is 0 Å². The molecular formula is C14H17F2NO. The Hall–Kier alpha value is -1.45. The summed E-state index contributed by atoms with van der Waals surface area (Å²) in [7, 11) is 0. The lowest BCUT2D eigenvalue weighted by atomic mass is 10.1. The van der Waals surface area contributed by atoms with Gasteiger partial charge in [-0.25, -0.2) is 8.78 Å². The molecule has 2 rings (SSSR count). The zero-order valence-corrected chi connectivity index (χ0v) is 10.4. The van der Waals surface area contributed by atoms with E-state index < -0.39 is 17.5 Å². The van der Waals surface area contributed by atoms with E-state index in [0.717, 1.165) is 18.9 Å². The molecule has 1 aromatic rings. The van der Waals surface area contributed by atoms with Crippen LogP contribution in [0.4, 0.5) is 8.78 Å². The van der Waals surface area contributed by atoms with Gasteiger partial charge >= 0.3 is 0 Å². The Morgan fingerprint density at radius 2 is 2.17 bits per heavy atom. The van der Waals surface area contributed by atoms with E-state index in [1.165, 1.54) is 18.6 Å². The SMILES string of the molecule is CC1CCC(CNC(=O)c2cccc(F)c2F)C1. The van der Waals surface area contributed by atoms with Gasteiger partial charge in [0, 0.05) is 6.54 Å². The summed E-state index contributed by atoms with van der Waals surface area (Å²) >= 11 is 0. The molecule has 2 nitrogen and oxygen atoms in total. The van der Waals surface area contributed by atoms with E-state index >= 15 is 0 Å². The molecule has 0 spiro atoms. The molecule has 1 saturated carbocycles. The first-order valence-corrected chi connectivity index (χ1v) is 6.30. The molecule has 2 atom stereocenters. The Kier molecular flexibility index (Phi) is 3.94. The number of benzene rings is 1. The largest absolute Gasteiger partial charge is 0.352 e. The fourth-order valence-corrected chi connectivity index (χ4v) is 2.52. The van der Waals surface area contributed by atoms with Gasteiger partial charge in [0.15, 0.2) is 11.6 Å². The summed E-state index contributed by atoms with van der Waals surface area (Å²) in [5.74, 6) is -1.45. The molecule has 0 saturated heterocycles. The summed E-state index contributed by atoms with van der Waals surface area (Å²) in [6.07, 6.45) is 3.36. The van der Waals surface area contributed by atoms with Gasteiger partial charge in [0.05, 0.1) is 5.56 Å². The van der Waals surface area contributed by atoms with E-state index in [9.17, 15) is 13.6 Å². The van der Waals surface area contributed by atoms with Gasteiger partial charge in [0.2, 0.25) is 0 Å². The number of carbonyl (C=O) groups excluding carboxylic acids is 1. The molecule has 98 valence electrons. The van der Waals surface area contributed by atoms with E-state index in [4.69, 9.17) is 0 Å². The number of carbonyl (C=O) groups is 1. The van der Waals surface area contributed by atoms with Gasteiger partial charge in [-0.05, 0) is 36.8 Å². The topological polar surface area (TPSA) is 29.1 Å². The van der Waals surface area contributed by atoms with Crippen LogP contribution in [0.2, 0.25) is 0 Å². The van der Waals surface area contributed by atoms with Crippen molar-refractivity contribution in [2.45, 2.75) is 26.2 Å². The Morgan fingerprint density at radius 3 is 2.83 bits per heavy atom. The number of halogens is 2. The highest BCUT2D eigenvalue weighted by atomic mass is 19.2. The third-order valence-electron chi connectivity index (χ3n) is 3.55. The molecule has 4 heteroatoms. The molecule has 1 aromatic carbocycles. The normalized spacial score (nSPS) is 23.1. The van der Waals surface area contributed by atoms with E-state index in [1.54, 1.807) is 0 Å². The van der Waals surface area contributed by atoms with Gasteiger partial charge in [0.25, 0.3) is 5.91 Å². The quantitative estimate of drug-likeness (QED) is 0.881. The predicted octanol–water partition coefficient (Wildman–Crippen LogP) is 3.13. The first-order chi connectivity index (χ1) is 8.58. The van der Waals surface area contributed by atoms with Crippen molar-refractivity contribution >= 4 is 5.91 Å². The van der Waals surface area contributed by atoms with Crippen LogP contribution in [0.25, 0.3) is 0 Å². The first-order valence-electron chi connectivity index (χ1n) is 6.30. The fraction of sp³-hybridized carbons (Fsp3) is 0.500. The number of hydrogen-bond acceptors (Lipinski definition) is 1. The van der Waals surface area contributed by atoms with Gasteiger partial charge in [-0.15, -0.1) is 0 Å². The van der Waals surface area contributed by atoms with Crippen molar-refractivity contribution in [1.82, 2.24) is 5.32 Å². The standard InChI is InChI=1S/C14H17F2NO/c1-9-5-6-10(7-9)8-17-14(18)11-3-2-4-12(15)13(11)16/h2-4,9-10H,5-8H2,1H3,(H,17,18). The molecular weight excluding hydrogens is 236 g/mol. The maximum absolute atomic E-state index is 13.4. The van der Waals surface area contributed by atoms with Crippen molar-refractivity contribution in [2.75, 3.05) is 6.54 Å². The molecule has 18 heavy (non-hydrogen) atoms.